The molecule has 0 aliphatic carbocycles. The number of aryl methyl sites for hydroxylation is 1. The van der Waals surface area contributed by atoms with E-state index in [0.717, 1.165) is 10.5 Å². The van der Waals surface area contributed by atoms with Gasteiger partial charge in [0.15, 0.2) is 0 Å². The first-order chi connectivity index (χ1) is 13.9. The molecule has 1 unspecified atom stereocenters. The third-order valence-corrected chi connectivity index (χ3v) is 5.36. The van der Waals surface area contributed by atoms with Crippen LogP contribution in [0.15, 0.2) is 42.5 Å². The van der Waals surface area contributed by atoms with Crippen molar-refractivity contribution in [2.45, 2.75) is 45.6 Å². The van der Waals surface area contributed by atoms with Gasteiger partial charge >= 0.3 is 6.03 Å². The Labute approximate surface area is 175 Å². The number of anilines is 1. The number of carbonyl (C=O) groups is 3. The van der Waals surface area contributed by atoms with Crippen LogP contribution in [0.25, 0.3) is 0 Å². The van der Waals surface area contributed by atoms with E-state index in [2.05, 4.69) is 31.4 Å². The molecular formula is C23H26FN3O3. The van der Waals surface area contributed by atoms with Crippen LogP contribution < -0.4 is 10.6 Å². The molecule has 0 saturated carbocycles. The van der Waals surface area contributed by atoms with Crippen molar-refractivity contribution in [3.8, 4) is 0 Å². The molecular weight excluding hydrogens is 385 g/mol. The summed E-state index contributed by atoms with van der Waals surface area (Å²) in [5, 5.41) is 5.20. The highest BCUT2D eigenvalue weighted by molar-refractivity contribution is 6.10. The summed E-state index contributed by atoms with van der Waals surface area (Å²) in [6.45, 7) is 9.04. The number of halogens is 1. The zero-order chi connectivity index (χ0) is 22.3. The fourth-order valence-corrected chi connectivity index (χ4v) is 3.35. The molecule has 0 bridgehead atoms. The molecule has 158 valence electrons. The van der Waals surface area contributed by atoms with Gasteiger partial charge in [-0.15, -0.1) is 0 Å². The van der Waals surface area contributed by atoms with Crippen LogP contribution in [0.5, 0.6) is 0 Å². The van der Waals surface area contributed by atoms with Crippen LogP contribution >= 0.6 is 0 Å². The van der Waals surface area contributed by atoms with Crippen LogP contribution in [0, 0.1) is 12.7 Å². The van der Waals surface area contributed by atoms with Crippen molar-refractivity contribution in [2.24, 2.45) is 0 Å². The van der Waals surface area contributed by atoms with Gasteiger partial charge in [0.2, 0.25) is 5.91 Å². The number of nitrogens with one attached hydrogen (secondary N) is 2. The summed E-state index contributed by atoms with van der Waals surface area (Å²) in [6, 6.07) is 11.1. The monoisotopic (exact) mass is 411 g/mol. The SMILES string of the molecule is Cc1ccc(NC(=O)CN2C(=O)NC(C)(c3ccc(C(C)(C)C)cc3)C2=O)cc1F. The Morgan fingerprint density at radius 2 is 1.77 bits per heavy atom. The van der Waals surface area contributed by atoms with Gasteiger partial charge in [-0.2, -0.15) is 0 Å². The van der Waals surface area contributed by atoms with Gasteiger partial charge in [-0.25, -0.2) is 9.18 Å². The Morgan fingerprint density at radius 1 is 1.13 bits per heavy atom. The number of benzene rings is 2. The lowest BCUT2D eigenvalue weighted by Gasteiger charge is -2.24. The number of rotatable bonds is 4. The van der Waals surface area contributed by atoms with E-state index < -0.39 is 35.7 Å². The van der Waals surface area contributed by atoms with Gasteiger partial charge in [-0.1, -0.05) is 51.1 Å². The molecule has 0 spiro atoms. The fourth-order valence-electron chi connectivity index (χ4n) is 3.35. The average Bonchev–Trinajstić information content (AvgIpc) is 2.88. The summed E-state index contributed by atoms with van der Waals surface area (Å²) >= 11 is 0. The minimum absolute atomic E-state index is 0.0397. The lowest BCUT2D eigenvalue weighted by atomic mass is 9.84. The largest absolute Gasteiger partial charge is 0.325 e. The highest BCUT2D eigenvalue weighted by atomic mass is 19.1. The molecule has 2 aromatic carbocycles. The van der Waals surface area contributed by atoms with Crippen molar-refractivity contribution in [1.82, 2.24) is 10.2 Å². The predicted molar refractivity (Wildman–Crippen MR) is 113 cm³/mol. The predicted octanol–water partition coefficient (Wildman–Crippen LogP) is 3.84. The van der Waals surface area contributed by atoms with Crippen molar-refractivity contribution in [3.05, 3.63) is 65.0 Å². The van der Waals surface area contributed by atoms with E-state index in [1.807, 2.05) is 24.3 Å². The second-order valence-electron chi connectivity index (χ2n) is 8.79. The van der Waals surface area contributed by atoms with Crippen LogP contribution in [0.4, 0.5) is 14.9 Å². The van der Waals surface area contributed by atoms with Crippen molar-refractivity contribution in [1.29, 1.82) is 0 Å². The molecule has 1 atom stereocenters. The first-order valence-electron chi connectivity index (χ1n) is 9.73. The standard InChI is InChI=1S/C23H26FN3O3/c1-14-6-11-17(12-18(14)24)25-19(28)13-27-20(29)23(5,26-21(27)30)16-9-7-15(8-10-16)22(2,3)4/h6-12H,13H2,1-5H3,(H,25,28)(H,26,30). The zero-order valence-electron chi connectivity index (χ0n) is 17.8. The molecule has 3 rings (SSSR count). The molecule has 1 saturated heterocycles. The van der Waals surface area contributed by atoms with E-state index >= 15 is 0 Å². The summed E-state index contributed by atoms with van der Waals surface area (Å²) < 4.78 is 13.7. The summed E-state index contributed by atoms with van der Waals surface area (Å²) in [7, 11) is 0. The first-order valence-corrected chi connectivity index (χ1v) is 9.73. The molecule has 1 aliphatic heterocycles. The van der Waals surface area contributed by atoms with E-state index in [4.69, 9.17) is 0 Å². The number of carbonyl (C=O) groups excluding carboxylic acids is 3. The molecule has 30 heavy (non-hydrogen) atoms. The molecule has 0 radical (unpaired) electrons. The molecule has 6 nitrogen and oxygen atoms in total. The third kappa shape index (κ3) is 4.06. The number of imide groups is 1. The Balaban J connectivity index is 1.75. The third-order valence-electron chi connectivity index (χ3n) is 5.36. The van der Waals surface area contributed by atoms with E-state index in [1.165, 1.54) is 12.1 Å². The lowest BCUT2D eigenvalue weighted by molar-refractivity contribution is -0.133. The average molecular weight is 411 g/mol. The molecule has 1 aliphatic rings. The Kier molecular flexibility index (Phi) is 5.41. The molecule has 0 aromatic heterocycles. The second-order valence-corrected chi connectivity index (χ2v) is 8.79. The Bertz CT molecular complexity index is 1010. The second kappa shape index (κ2) is 7.55. The van der Waals surface area contributed by atoms with Crippen LogP contribution in [-0.2, 0) is 20.5 Å². The molecule has 2 N–H and O–H groups in total. The summed E-state index contributed by atoms with van der Waals surface area (Å²) in [4.78, 5) is 38.7. The van der Waals surface area contributed by atoms with Gasteiger partial charge in [0.05, 0.1) is 0 Å². The van der Waals surface area contributed by atoms with Gasteiger partial charge in [-0.05, 0) is 48.1 Å². The maximum absolute atomic E-state index is 13.7. The van der Waals surface area contributed by atoms with Crippen molar-refractivity contribution >= 4 is 23.5 Å². The normalized spacial score (nSPS) is 19.1. The number of nitrogens with zero attached hydrogens (tertiary/aromatic N) is 1. The topological polar surface area (TPSA) is 78.5 Å². The first kappa shape index (κ1) is 21.5. The summed E-state index contributed by atoms with van der Waals surface area (Å²) in [5.41, 5.74) is 1.16. The van der Waals surface area contributed by atoms with Crippen LogP contribution in [-0.4, -0.2) is 29.3 Å². The maximum Gasteiger partial charge on any atom is 0.325 e. The Hall–Kier alpha value is -3.22. The molecule has 1 fully saturated rings. The molecule has 7 heteroatoms. The molecule has 1 heterocycles. The lowest BCUT2D eigenvalue weighted by Crippen LogP contribution is -2.42. The van der Waals surface area contributed by atoms with Crippen molar-refractivity contribution < 1.29 is 18.8 Å². The minimum Gasteiger partial charge on any atom is -0.324 e. The van der Waals surface area contributed by atoms with E-state index in [0.29, 0.717) is 11.1 Å². The van der Waals surface area contributed by atoms with E-state index in [-0.39, 0.29) is 11.1 Å². The quantitative estimate of drug-likeness (QED) is 0.751. The highest BCUT2D eigenvalue weighted by Crippen LogP contribution is 2.31. The van der Waals surface area contributed by atoms with Gasteiger partial charge in [-0.3, -0.25) is 14.5 Å². The van der Waals surface area contributed by atoms with E-state index in [9.17, 15) is 18.8 Å². The van der Waals surface area contributed by atoms with Crippen molar-refractivity contribution in [2.75, 3.05) is 11.9 Å². The zero-order valence-corrected chi connectivity index (χ0v) is 17.8. The van der Waals surface area contributed by atoms with Crippen LogP contribution in [0.3, 0.4) is 0 Å². The summed E-state index contributed by atoms with van der Waals surface area (Å²) in [6.07, 6.45) is 0. The molecule has 4 amide bonds. The maximum atomic E-state index is 13.7. The van der Waals surface area contributed by atoms with Crippen LogP contribution in [0.1, 0.15) is 44.4 Å². The van der Waals surface area contributed by atoms with Gasteiger partial charge in [0.25, 0.3) is 5.91 Å². The number of hydrogen-bond acceptors (Lipinski definition) is 3. The van der Waals surface area contributed by atoms with Gasteiger partial charge in [0.1, 0.15) is 17.9 Å². The van der Waals surface area contributed by atoms with E-state index in [1.54, 1.807) is 19.9 Å². The molecule has 2 aromatic rings. The van der Waals surface area contributed by atoms with Crippen molar-refractivity contribution in [3.63, 3.8) is 0 Å². The number of amides is 4. The number of urea groups is 1. The summed E-state index contributed by atoms with van der Waals surface area (Å²) in [5.74, 6) is -1.55. The fraction of sp³-hybridized carbons (Fsp3) is 0.348. The Morgan fingerprint density at radius 3 is 2.33 bits per heavy atom. The minimum atomic E-state index is -1.26. The number of hydrogen-bond donors (Lipinski definition) is 2. The highest BCUT2D eigenvalue weighted by Gasteiger charge is 2.49. The smallest absolute Gasteiger partial charge is 0.324 e. The van der Waals surface area contributed by atoms with Gasteiger partial charge < -0.3 is 10.6 Å². The van der Waals surface area contributed by atoms with Gasteiger partial charge in [0, 0.05) is 5.69 Å². The van der Waals surface area contributed by atoms with Crippen LogP contribution in [0.2, 0.25) is 0 Å².